The van der Waals surface area contributed by atoms with E-state index < -0.39 is 22.1 Å². The van der Waals surface area contributed by atoms with Gasteiger partial charge in [0, 0.05) is 18.8 Å². The van der Waals surface area contributed by atoms with E-state index in [0.717, 1.165) is 21.1 Å². The molecule has 0 aliphatic carbocycles. The number of rotatable bonds is 3. The molecule has 2 heterocycles. The Morgan fingerprint density at radius 2 is 2.05 bits per heavy atom. The first-order valence-electron chi connectivity index (χ1n) is 5.99. The molecule has 2 aromatic rings. The van der Waals surface area contributed by atoms with Gasteiger partial charge in [0.1, 0.15) is 6.20 Å². The molecule has 110 valence electrons. The van der Waals surface area contributed by atoms with Gasteiger partial charge in [0.05, 0.1) is 4.92 Å². The highest BCUT2D eigenvalue weighted by Gasteiger charge is 2.26. The first-order valence-corrected chi connectivity index (χ1v) is 5.99. The van der Waals surface area contributed by atoms with Crippen LogP contribution in [0.4, 0.5) is 5.69 Å². The summed E-state index contributed by atoms with van der Waals surface area (Å²) in [6, 6.07) is 3.06. The van der Waals surface area contributed by atoms with Crippen molar-refractivity contribution in [2.24, 2.45) is 7.05 Å². The first kappa shape index (κ1) is 14.4. The molecule has 0 bridgehead atoms. The number of nitrogens with one attached hydrogen (secondary N) is 1. The van der Waals surface area contributed by atoms with Gasteiger partial charge in [-0.3, -0.25) is 29.8 Å². The molecule has 1 amide bonds. The number of nitrogens with zero attached hydrogens (tertiary/aromatic N) is 4. The lowest BCUT2D eigenvalue weighted by molar-refractivity contribution is -0.385. The van der Waals surface area contributed by atoms with Crippen LogP contribution in [0.2, 0.25) is 0 Å². The summed E-state index contributed by atoms with van der Waals surface area (Å²) in [7, 11) is 1.41. The second-order valence-electron chi connectivity index (χ2n) is 4.55. The van der Waals surface area contributed by atoms with Crippen LogP contribution in [-0.4, -0.2) is 25.3 Å². The maximum atomic E-state index is 12.2. The van der Waals surface area contributed by atoms with Crippen molar-refractivity contribution in [2.45, 2.75) is 13.8 Å². The first-order chi connectivity index (χ1) is 9.81. The molecule has 21 heavy (non-hydrogen) atoms. The second-order valence-corrected chi connectivity index (χ2v) is 4.55. The summed E-state index contributed by atoms with van der Waals surface area (Å²) in [5.41, 5.74) is 2.54. The Morgan fingerprint density at radius 1 is 1.38 bits per heavy atom. The highest BCUT2D eigenvalue weighted by atomic mass is 16.6. The lowest BCUT2D eigenvalue weighted by atomic mass is 10.2. The van der Waals surface area contributed by atoms with Crippen LogP contribution < -0.4 is 11.0 Å². The molecule has 1 N–H and O–H groups in total. The molecule has 0 aromatic carbocycles. The molecule has 0 saturated heterocycles. The van der Waals surface area contributed by atoms with Crippen molar-refractivity contribution in [3.8, 4) is 0 Å². The van der Waals surface area contributed by atoms with Crippen molar-refractivity contribution < 1.29 is 9.72 Å². The minimum atomic E-state index is -0.782. The van der Waals surface area contributed by atoms with Crippen molar-refractivity contribution in [3.63, 3.8) is 0 Å². The topological polar surface area (TPSA) is 112 Å². The summed E-state index contributed by atoms with van der Waals surface area (Å²) in [6.07, 6.45) is 0.986. The van der Waals surface area contributed by atoms with E-state index >= 15 is 0 Å². The third-order valence-electron chi connectivity index (χ3n) is 2.91. The van der Waals surface area contributed by atoms with Gasteiger partial charge in [0.25, 0.3) is 11.5 Å². The van der Waals surface area contributed by atoms with Crippen LogP contribution in [0.25, 0.3) is 0 Å². The van der Waals surface area contributed by atoms with E-state index in [4.69, 9.17) is 0 Å². The lowest BCUT2D eigenvalue weighted by Crippen LogP contribution is -2.35. The number of nitro groups is 1. The summed E-state index contributed by atoms with van der Waals surface area (Å²) in [5, 5.41) is 14.6. The van der Waals surface area contributed by atoms with Crippen LogP contribution >= 0.6 is 0 Å². The fourth-order valence-corrected chi connectivity index (χ4v) is 1.99. The Bertz CT molecular complexity index is 789. The van der Waals surface area contributed by atoms with Gasteiger partial charge in [0.15, 0.2) is 0 Å². The smallest absolute Gasteiger partial charge is 0.267 e. The number of amides is 1. The van der Waals surface area contributed by atoms with Crippen molar-refractivity contribution >= 4 is 11.6 Å². The SMILES string of the molecule is Cc1cc(C)n(NC(=O)c2c([N+](=O)[O-])cnn2C)c(=O)c1. The van der Waals surface area contributed by atoms with Gasteiger partial charge >= 0.3 is 5.69 Å². The van der Waals surface area contributed by atoms with E-state index in [0.29, 0.717) is 5.69 Å². The third kappa shape index (κ3) is 2.66. The number of hydrogen-bond acceptors (Lipinski definition) is 5. The third-order valence-corrected chi connectivity index (χ3v) is 2.91. The zero-order chi connectivity index (χ0) is 15.7. The molecule has 9 nitrogen and oxygen atoms in total. The van der Waals surface area contributed by atoms with E-state index in [2.05, 4.69) is 10.5 Å². The number of hydrogen-bond donors (Lipinski definition) is 1. The van der Waals surface area contributed by atoms with Gasteiger partial charge in [-0.25, -0.2) is 4.68 Å². The molecule has 0 spiro atoms. The molecule has 0 unspecified atom stereocenters. The van der Waals surface area contributed by atoms with Crippen molar-refractivity contribution in [1.29, 1.82) is 0 Å². The number of carbonyl (C=O) groups excluding carboxylic acids is 1. The summed E-state index contributed by atoms with van der Waals surface area (Å²) >= 11 is 0. The summed E-state index contributed by atoms with van der Waals surface area (Å²) < 4.78 is 2.12. The molecule has 0 atom stereocenters. The Morgan fingerprint density at radius 3 is 2.62 bits per heavy atom. The predicted molar refractivity (Wildman–Crippen MR) is 73.7 cm³/mol. The largest absolute Gasteiger partial charge is 0.320 e. The Labute approximate surface area is 118 Å². The fraction of sp³-hybridized carbons (Fsp3) is 0.250. The molecular formula is C12H13N5O4. The summed E-state index contributed by atoms with van der Waals surface area (Å²) in [5.74, 6) is -0.782. The highest BCUT2D eigenvalue weighted by Crippen LogP contribution is 2.16. The number of carbonyl (C=O) groups is 1. The summed E-state index contributed by atoms with van der Waals surface area (Å²) in [6.45, 7) is 3.40. The van der Waals surface area contributed by atoms with Crippen LogP contribution in [0.5, 0.6) is 0 Å². The van der Waals surface area contributed by atoms with Crippen LogP contribution in [0.1, 0.15) is 21.7 Å². The minimum absolute atomic E-state index is 0.230. The molecule has 0 aliphatic rings. The average molecular weight is 291 g/mol. The normalized spacial score (nSPS) is 10.4. The van der Waals surface area contributed by atoms with Gasteiger partial charge in [-0.15, -0.1) is 0 Å². The van der Waals surface area contributed by atoms with Gasteiger partial charge < -0.3 is 0 Å². The quantitative estimate of drug-likeness (QED) is 0.653. The monoisotopic (exact) mass is 291 g/mol. The van der Waals surface area contributed by atoms with E-state index in [1.807, 2.05) is 0 Å². The van der Waals surface area contributed by atoms with Gasteiger partial charge in [0.2, 0.25) is 5.69 Å². The molecule has 9 heteroatoms. The Kier molecular flexibility index (Phi) is 3.57. The average Bonchev–Trinajstić information content (AvgIpc) is 2.75. The zero-order valence-corrected chi connectivity index (χ0v) is 11.7. The predicted octanol–water partition coefficient (Wildman–Crippen LogP) is 0.491. The summed E-state index contributed by atoms with van der Waals surface area (Å²) in [4.78, 5) is 34.2. The molecule has 0 radical (unpaired) electrons. The van der Waals surface area contributed by atoms with E-state index in [1.54, 1.807) is 19.9 Å². The van der Waals surface area contributed by atoms with Crippen LogP contribution in [-0.2, 0) is 7.05 Å². The zero-order valence-electron chi connectivity index (χ0n) is 11.7. The van der Waals surface area contributed by atoms with Gasteiger partial charge in [-0.1, -0.05) is 0 Å². The molecular weight excluding hydrogens is 278 g/mol. The molecule has 2 aromatic heterocycles. The molecule has 2 rings (SSSR count). The Balaban J connectivity index is 2.42. The van der Waals surface area contributed by atoms with Crippen LogP contribution in [0.15, 0.2) is 23.1 Å². The van der Waals surface area contributed by atoms with Gasteiger partial charge in [-0.05, 0) is 25.5 Å². The van der Waals surface area contributed by atoms with Crippen molar-refractivity contribution in [1.82, 2.24) is 14.5 Å². The van der Waals surface area contributed by atoms with E-state index in [-0.39, 0.29) is 5.69 Å². The number of pyridine rings is 1. The number of aryl methyl sites for hydroxylation is 3. The standard InChI is InChI=1S/C12H13N5O4/c1-7-4-8(2)16(10(18)5-7)14-12(19)11-9(17(20)21)6-13-15(11)3/h4-6H,1-3H3,(H,14,19). The van der Waals surface area contributed by atoms with Crippen LogP contribution in [0, 0.1) is 24.0 Å². The number of aromatic nitrogens is 3. The van der Waals surface area contributed by atoms with E-state index in [1.165, 1.54) is 13.1 Å². The van der Waals surface area contributed by atoms with Gasteiger partial charge in [-0.2, -0.15) is 5.10 Å². The Hall–Kier alpha value is -2.97. The van der Waals surface area contributed by atoms with Crippen LogP contribution in [0.3, 0.4) is 0 Å². The fourth-order valence-electron chi connectivity index (χ4n) is 1.99. The maximum absolute atomic E-state index is 12.2. The maximum Gasteiger partial charge on any atom is 0.320 e. The molecule has 0 saturated carbocycles. The lowest BCUT2D eigenvalue weighted by Gasteiger charge is -2.11. The molecule has 0 fully saturated rings. The highest BCUT2D eigenvalue weighted by molar-refractivity contribution is 6.01. The second kappa shape index (κ2) is 5.19. The van der Waals surface area contributed by atoms with Crippen molar-refractivity contribution in [2.75, 3.05) is 5.43 Å². The van der Waals surface area contributed by atoms with E-state index in [9.17, 15) is 19.7 Å². The minimum Gasteiger partial charge on any atom is -0.267 e. The molecule has 0 aliphatic heterocycles. The van der Waals surface area contributed by atoms with Crippen molar-refractivity contribution in [3.05, 3.63) is 55.7 Å².